The Hall–Kier alpha value is -1.68. The molecule has 82 valence electrons. The van der Waals surface area contributed by atoms with Gasteiger partial charge in [-0.1, -0.05) is 18.2 Å². The molecule has 0 bridgehead atoms. The minimum atomic E-state index is -0.00815. The molecule has 16 heavy (non-hydrogen) atoms. The van der Waals surface area contributed by atoms with Crippen LogP contribution >= 0.6 is 11.3 Å². The van der Waals surface area contributed by atoms with Crippen molar-refractivity contribution < 1.29 is 4.79 Å². The monoisotopic (exact) mass is 232 g/mol. The Bertz CT molecular complexity index is 493. The highest BCUT2D eigenvalue weighted by Crippen LogP contribution is 2.19. The second-order valence-corrected chi connectivity index (χ2v) is 4.32. The molecule has 1 aromatic heterocycles. The van der Waals surface area contributed by atoms with Crippen molar-refractivity contribution in [1.82, 2.24) is 4.98 Å². The lowest BCUT2D eigenvalue weighted by molar-refractivity contribution is 0.0996. The van der Waals surface area contributed by atoms with Crippen molar-refractivity contribution in [2.45, 2.75) is 6.92 Å². The molecule has 4 heteroatoms. The number of carbonyl (C=O) groups excluding carboxylic acids is 1. The van der Waals surface area contributed by atoms with Gasteiger partial charge in [0.15, 0.2) is 0 Å². The predicted molar refractivity (Wildman–Crippen MR) is 66.0 cm³/mol. The molecular formula is C12H12N2OS. The van der Waals surface area contributed by atoms with Crippen molar-refractivity contribution in [1.29, 1.82) is 0 Å². The summed E-state index contributed by atoms with van der Waals surface area (Å²) in [6.45, 7) is 1.85. The van der Waals surface area contributed by atoms with Gasteiger partial charge in [0, 0.05) is 12.7 Å². The molecule has 2 rings (SSSR count). The molecule has 0 aliphatic carbocycles. The highest BCUT2D eigenvalue weighted by Gasteiger charge is 2.17. The number of anilines is 1. The van der Waals surface area contributed by atoms with Crippen molar-refractivity contribution in [3.63, 3.8) is 0 Å². The number of hydrogen-bond donors (Lipinski definition) is 0. The molecule has 0 spiro atoms. The number of aromatic nitrogens is 1. The molecule has 0 atom stereocenters. The van der Waals surface area contributed by atoms with E-state index in [0.29, 0.717) is 4.88 Å². The molecule has 2 aromatic rings. The number of benzene rings is 1. The van der Waals surface area contributed by atoms with E-state index in [1.807, 2.05) is 37.3 Å². The van der Waals surface area contributed by atoms with Gasteiger partial charge in [0.1, 0.15) is 4.88 Å². The Morgan fingerprint density at radius 3 is 2.56 bits per heavy atom. The van der Waals surface area contributed by atoms with Crippen LogP contribution < -0.4 is 4.90 Å². The highest BCUT2D eigenvalue weighted by molar-refractivity contribution is 7.12. The minimum Gasteiger partial charge on any atom is -0.311 e. The summed E-state index contributed by atoms with van der Waals surface area (Å²) in [4.78, 5) is 18.5. The Morgan fingerprint density at radius 2 is 2.00 bits per heavy atom. The maximum Gasteiger partial charge on any atom is 0.269 e. The van der Waals surface area contributed by atoms with E-state index in [-0.39, 0.29) is 5.91 Å². The van der Waals surface area contributed by atoms with E-state index >= 15 is 0 Å². The first-order valence-corrected chi connectivity index (χ1v) is 5.81. The van der Waals surface area contributed by atoms with Crippen LogP contribution in [0.25, 0.3) is 0 Å². The van der Waals surface area contributed by atoms with Crippen LogP contribution in [0.15, 0.2) is 35.8 Å². The Labute approximate surface area is 98.4 Å². The zero-order valence-electron chi connectivity index (χ0n) is 9.18. The number of rotatable bonds is 2. The van der Waals surface area contributed by atoms with Crippen LogP contribution in [0.3, 0.4) is 0 Å². The first-order valence-electron chi connectivity index (χ1n) is 4.93. The van der Waals surface area contributed by atoms with Crippen LogP contribution in [0, 0.1) is 6.92 Å². The first kappa shape index (κ1) is 10.8. The SMILES string of the molecule is Cc1ncsc1C(=O)N(C)c1ccccc1. The summed E-state index contributed by atoms with van der Waals surface area (Å²) < 4.78 is 0. The molecule has 1 amide bonds. The van der Waals surface area contributed by atoms with E-state index in [2.05, 4.69) is 4.98 Å². The van der Waals surface area contributed by atoms with Crippen LogP contribution in [0.2, 0.25) is 0 Å². The van der Waals surface area contributed by atoms with Gasteiger partial charge in [0.05, 0.1) is 11.2 Å². The third kappa shape index (κ3) is 1.97. The third-order valence-corrected chi connectivity index (χ3v) is 3.30. The summed E-state index contributed by atoms with van der Waals surface area (Å²) >= 11 is 1.38. The van der Waals surface area contributed by atoms with E-state index in [9.17, 15) is 4.79 Å². The Balaban J connectivity index is 2.27. The fraction of sp³-hybridized carbons (Fsp3) is 0.167. The molecular weight excluding hydrogens is 220 g/mol. The van der Waals surface area contributed by atoms with E-state index in [4.69, 9.17) is 0 Å². The number of aryl methyl sites for hydroxylation is 1. The molecule has 0 fully saturated rings. The normalized spacial score (nSPS) is 10.1. The lowest BCUT2D eigenvalue weighted by Gasteiger charge is -2.16. The van der Waals surface area contributed by atoms with Crippen molar-refractivity contribution in [3.05, 3.63) is 46.4 Å². The number of amides is 1. The summed E-state index contributed by atoms with van der Waals surface area (Å²) in [6, 6.07) is 9.58. The molecule has 0 radical (unpaired) electrons. The van der Waals surface area contributed by atoms with E-state index in [1.165, 1.54) is 11.3 Å². The van der Waals surface area contributed by atoms with E-state index < -0.39 is 0 Å². The van der Waals surface area contributed by atoms with Crippen molar-refractivity contribution in [2.75, 3.05) is 11.9 Å². The average molecular weight is 232 g/mol. The standard InChI is InChI=1S/C12H12N2OS/c1-9-11(16-8-13-9)12(15)14(2)10-6-4-3-5-7-10/h3-8H,1-2H3. The molecule has 0 saturated heterocycles. The van der Waals surface area contributed by atoms with Gasteiger partial charge in [0.25, 0.3) is 5.91 Å². The summed E-state index contributed by atoms with van der Waals surface area (Å²) in [5.41, 5.74) is 3.37. The smallest absolute Gasteiger partial charge is 0.269 e. The van der Waals surface area contributed by atoms with Crippen molar-refractivity contribution in [2.24, 2.45) is 0 Å². The summed E-state index contributed by atoms with van der Waals surface area (Å²) in [6.07, 6.45) is 0. The van der Waals surface area contributed by atoms with Gasteiger partial charge in [0.2, 0.25) is 0 Å². The average Bonchev–Trinajstić information content (AvgIpc) is 2.75. The number of para-hydroxylation sites is 1. The summed E-state index contributed by atoms with van der Waals surface area (Å²) in [5, 5.41) is 0. The summed E-state index contributed by atoms with van der Waals surface area (Å²) in [7, 11) is 1.77. The van der Waals surface area contributed by atoms with Crippen molar-refractivity contribution in [3.8, 4) is 0 Å². The first-order chi connectivity index (χ1) is 7.70. The maximum atomic E-state index is 12.1. The van der Waals surface area contributed by atoms with Crippen LogP contribution in [-0.4, -0.2) is 17.9 Å². The predicted octanol–water partition coefficient (Wildman–Crippen LogP) is 2.73. The molecule has 0 aliphatic rings. The fourth-order valence-electron chi connectivity index (χ4n) is 1.43. The zero-order valence-corrected chi connectivity index (χ0v) is 9.99. The zero-order chi connectivity index (χ0) is 11.5. The molecule has 0 N–H and O–H groups in total. The van der Waals surface area contributed by atoms with Gasteiger partial charge in [-0.05, 0) is 19.1 Å². The van der Waals surface area contributed by atoms with E-state index in [1.54, 1.807) is 17.5 Å². The maximum absolute atomic E-state index is 12.1. The van der Waals surface area contributed by atoms with Gasteiger partial charge >= 0.3 is 0 Å². The minimum absolute atomic E-state index is 0.00815. The van der Waals surface area contributed by atoms with Gasteiger partial charge in [-0.25, -0.2) is 4.98 Å². The van der Waals surface area contributed by atoms with Crippen LogP contribution in [0.5, 0.6) is 0 Å². The Morgan fingerprint density at radius 1 is 1.31 bits per heavy atom. The van der Waals surface area contributed by atoms with Crippen LogP contribution in [0.4, 0.5) is 5.69 Å². The second kappa shape index (κ2) is 4.45. The Kier molecular flexibility index (Phi) is 3.01. The molecule has 3 nitrogen and oxygen atoms in total. The van der Waals surface area contributed by atoms with Gasteiger partial charge in [-0.3, -0.25) is 4.79 Å². The van der Waals surface area contributed by atoms with Gasteiger partial charge < -0.3 is 4.90 Å². The number of carbonyl (C=O) groups is 1. The fourth-order valence-corrected chi connectivity index (χ4v) is 2.21. The van der Waals surface area contributed by atoms with Gasteiger partial charge in [-0.2, -0.15) is 0 Å². The van der Waals surface area contributed by atoms with Crippen LogP contribution in [0.1, 0.15) is 15.4 Å². The van der Waals surface area contributed by atoms with E-state index in [0.717, 1.165) is 11.4 Å². The topological polar surface area (TPSA) is 33.2 Å². The quantitative estimate of drug-likeness (QED) is 0.797. The molecule has 0 aliphatic heterocycles. The highest BCUT2D eigenvalue weighted by atomic mass is 32.1. The third-order valence-electron chi connectivity index (χ3n) is 2.39. The second-order valence-electron chi connectivity index (χ2n) is 3.47. The number of thiazole rings is 1. The number of hydrogen-bond acceptors (Lipinski definition) is 3. The molecule has 0 unspecified atom stereocenters. The number of nitrogens with zero attached hydrogens (tertiary/aromatic N) is 2. The lowest BCUT2D eigenvalue weighted by Crippen LogP contribution is -2.25. The van der Waals surface area contributed by atoms with Crippen molar-refractivity contribution >= 4 is 22.9 Å². The van der Waals surface area contributed by atoms with Gasteiger partial charge in [-0.15, -0.1) is 11.3 Å². The van der Waals surface area contributed by atoms with Crippen LogP contribution in [-0.2, 0) is 0 Å². The summed E-state index contributed by atoms with van der Waals surface area (Å²) in [5.74, 6) is -0.00815. The lowest BCUT2D eigenvalue weighted by atomic mass is 10.3. The molecule has 1 heterocycles. The molecule has 0 saturated carbocycles. The molecule has 1 aromatic carbocycles. The largest absolute Gasteiger partial charge is 0.311 e.